The Morgan fingerprint density at radius 2 is 1.78 bits per heavy atom. The molecule has 0 spiro atoms. The van der Waals surface area contributed by atoms with E-state index in [1.54, 1.807) is 10.8 Å². The molecular formula is C22H25ClN4O4S. The van der Waals surface area contributed by atoms with Gasteiger partial charge in [-0.05, 0) is 12.1 Å². The highest BCUT2D eigenvalue weighted by molar-refractivity contribution is 7.09. The predicted octanol–water partition coefficient (Wildman–Crippen LogP) is 2.26. The molecule has 1 saturated heterocycles. The van der Waals surface area contributed by atoms with E-state index in [0.29, 0.717) is 24.0 Å². The number of benzene rings is 1. The van der Waals surface area contributed by atoms with E-state index in [1.807, 2.05) is 24.3 Å². The van der Waals surface area contributed by atoms with Crippen LogP contribution >= 0.6 is 22.9 Å². The molecule has 170 valence electrons. The molecule has 0 aliphatic carbocycles. The van der Waals surface area contributed by atoms with Crippen LogP contribution in [0, 0.1) is 0 Å². The number of ether oxygens (including phenoxy) is 1. The zero-order valence-electron chi connectivity index (χ0n) is 17.8. The van der Waals surface area contributed by atoms with Gasteiger partial charge >= 0.3 is 11.7 Å². The Balaban J connectivity index is 1.47. The van der Waals surface area contributed by atoms with Gasteiger partial charge in [0.2, 0.25) is 0 Å². The van der Waals surface area contributed by atoms with Crippen LogP contribution < -0.4 is 16.1 Å². The fourth-order valence-corrected chi connectivity index (χ4v) is 5.08. The summed E-state index contributed by atoms with van der Waals surface area (Å²) >= 11 is 7.69. The molecule has 0 unspecified atom stereocenters. The molecule has 2 aromatic heterocycles. The number of aromatic nitrogens is 2. The summed E-state index contributed by atoms with van der Waals surface area (Å²) in [5.41, 5.74) is 0.926. The van der Waals surface area contributed by atoms with Crippen molar-refractivity contribution >= 4 is 45.5 Å². The molecular weight excluding hydrogens is 452 g/mol. The highest BCUT2D eigenvalue weighted by Crippen LogP contribution is 2.26. The number of carbonyl (C=O) groups excluding carboxylic acids is 1. The summed E-state index contributed by atoms with van der Waals surface area (Å²) in [6, 6.07) is 7.81. The second-order valence-corrected chi connectivity index (χ2v) is 8.82. The fraction of sp³-hybridized carbons (Fsp3) is 0.409. The topological polar surface area (TPSA) is 76.8 Å². The molecule has 0 N–H and O–H groups in total. The summed E-state index contributed by atoms with van der Waals surface area (Å²) in [5.74, 6) is -0.394. The Kier molecular flexibility index (Phi) is 6.98. The number of fused-ring (bicyclic) bond motifs is 1. The van der Waals surface area contributed by atoms with E-state index in [4.69, 9.17) is 16.3 Å². The van der Waals surface area contributed by atoms with Crippen molar-refractivity contribution in [3.05, 3.63) is 60.9 Å². The van der Waals surface area contributed by atoms with Gasteiger partial charge < -0.3 is 9.64 Å². The van der Waals surface area contributed by atoms with Gasteiger partial charge in [-0.15, -0.1) is 11.3 Å². The minimum atomic E-state index is -0.394. The van der Waals surface area contributed by atoms with Crippen LogP contribution in [0.25, 0.3) is 10.9 Å². The first-order valence-corrected chi connectivity index (χ1v) is 11.8. The lowest BCUT2D eigenvalue weighted by Gasteiger charge is -2.36. The number of aryl methyl sites for hydroxylation is 1. The van der Waals surface area contributed by atoms with Gasteiger partial charge in [-0.25, -0.2) is 4.79 Å². The first kappa shape index (κ1) is 22.6. The van der Waals surface area contributed by atoms with Crippen LogP contribution in [-0.4, -0.2) is 59.8 Å². The SMILES string of the molecule is COC(=O)CCn1c(=O)n(CCN2CCN(c3ccccc3Cl)CC2)c(=O)c2cscc21. The van der Waals surface area contributed by atoms with Crippen molar-refractivity contribution in [3.8, 4) is 0 Å². The molecule has 1 fully saturated rings. The molecule has 1 aliphatic heterocycles. The third-order valence-electron chi connectivity index (χ3n) is 5.84. The number of esters is 1. The van der Waals surface area contributed by atoms with Crippen LogP contribution in [0.5, 0.6) is 0 Å². The quantitative estimate of drug-likeness (QED) is 0.487. The molecule has 1 aliphatic rings. The van der Waals surface area contributed by atoms with E-state index >= 15 is 0 Å². The number of nitrogens with zero attached hydrogens (tertiary/aromatic N) is 4. The van der Waals surface area contributed by atoms with E-state index in [0.717, 1.165) is 36.9 Å². The van der Waals surface area contributed by atoms with Gasteiger partial charge in [-0.1, -0.05) is 23.7 Å². The normalized spacial score (nSPS) is 14.8. The molecule has 0 radical (unpaired) electrons. The first-order valence-electron chi connectivity index (χ1n) is 10.5. The van der Waals surface area contributed by atoms with Crippen molar-refractivity contribution in [2.75, 3.05) is 44.7 Å². The maximum Gasteiger partial charge on any atom is 0.331 e. The van der Waals surface area contributed by atoms with Crippen LogP contribution in [0.15, 0.2) is 44.6 Å². The molecule has 3 aromatic rings. The number of piperazine rings is 1. The molecule has 10 heteroatoms. The van der Waals surface area contributed by atoms with Crippen molar-refractivity contribution in [2.45, 2.75) is 19.5 Å². The molecule has 0 atom stereocenters. The average molecular weight is 477 g/mol. The van der Waals surface area contributed by atoms with E-state index in [-0.39, 0.29) is 24.2 Å². The molecule has 32 heavy (non-hydrogen) atoms. The number of hydrogen-bond donors (Lipinski definition) is 0. The largest absolute Gasteiger partial charge is 0.469 e. The highest BCUT2D eigenvalue weighted by atomic mass is 35.5. The molecule has 3 heterocycles. The molecule has 0 saturated carbocycles. The lowest BCUT2D eigenvalue weighted by molar-refractivity contribution is -0.140. The summed E-state index contributed by atoms with van der Waals surface area (Å²) in [7, 11) is 1.32. The van der Waals surface area contributed by atoms with E-state index in [9.17, 15) is 14.4 Å². The van der Waals surface area contributed by atoms with Gasteiger partial charge in [0.05, 0.1) is 35.1 Å². The number of anilines is 1. The predicted molar refractivity (Wildman–Crippen MR) is 127 cm³/mol. The molecule has 8 nitrogen and oxygen atoms in total. The summed E-state index contributed by atoms with van der Waals surface area (Å²) in [5, 5.41) is 4.77. The van der Waals surface area contributed by atoms with E-state index in [1.165, 1.54) is 27.6 Å². The van der Waals surface area contributed by atoms with E-state index in [2.05, 4.69) is 9.80 Å². The average Bonchev–Trinajstić information content (AvgIpc) is 3.29. The van der Waals surface area contributed by atoms with Crippen molar-refractivity contribution in [2.24, 2.45) is 0 Å². The number of carbonyl (C=O) groups is 1. The van der Waals surface area contributed by atoms with E-state index < -0.39 is 5.97 Å². The Hall–Kier alpha value is -2.62. The minimum absolute atomic E-state index is 0.0730. The molecule has 4 rings (SSSR count). The minimum Gasteiger partial charge on any atom is -0.469 e. The number of methoxy groups -OCH3 is 1. The second-order valence-electron chi connectivity index (χ2n) is 7.67. The second kappa shape index (κ2) is 9.89. The Bertz CT molecular complexity index is 1230. The Labute approximate surface area is 194 Å². The number of halogens is 1. The van der Waals surface area contributed by atoms with Crippen molar-refractivity contribution in [1.82, 2.24) is 14.0 Å². The number of thiophene rings is 1. The summed E-state index contributed by atoms with van der Waals surface area (Å²) < 4.78 is 7.48. The molecule has 0 bridgehead atoms. The van der Waals surface area contributed by atoms with Crippen LogP contribution in [0.3, 0.4) is 0 Å². The Morgan fingerprint density at radius 1 is 1.03 bits per heavy atom. The molecule has 0 amide bonds. The van der Waals surface area contributed by atoms with Crippen molar-refractivity contribution in [3.63, 3.8) is 0 Å². The van der Waals surface area contributed by atoms with Crippen molar-refractivity contribution < 1.29 is 9.53 Å². The van der Waals surface area contributed by atoms with Crippen LogP contribution in [0.4, 0.5) is 5.69 Å². The van der Waals surface area contributed by atoms with Gasteiger partial charge in [0.15, 0.2) is 0 Å². The number of para-hydroxylation sites is 1. The van der Waals surface area contributed by atoms with Gasteiger partial charge in [-0.2, -0.15) is 0 Å². The third-order valence-corrected chi connectivity index (χ3v) is 6.89. The summed E-state index contributed by atoms with van der Waals surface area (Å²) in [6.07, 6.45) is 0.0730. The maximum atomic E-state index is 13.1. The fourth-order valence-electron chi connectivity index (χ4n) is 4.02. The molecule has 1 aromatic carbocycles. The van der Waals surface area contributed by atoms with Crippen LogP contribution in [0.2, 0.25) is 5.02 Å². The van der Waals surface area contributed by atoms with Crippen LogP contribution in [0.1, 0.15) is 6.42 Å². The lowest BCUT2D eigenvalue weighted by Crippen LogP contribution is -2.49. The van der Waals surface area contributed by atoms with Crippen molar-refractivity contribution in [1.29, 1.82) is 0 Å². The van der Waals surface area contributed by atoms with Gasteiger partial charge in [0, 0.05) is 56.6 Å². The summed E-state index contributed by atoms with van der Waals surface area (Å²) in [6.45, 7) is 4.35. The summed E-state index contributed by atoms with van der Waals surface area (Å²) in [4.78, 5) is 42.1. The maximum absolute atomic E-state index is 13.1. The standard InChI is InChI=1S/C22H25ClN4O4S/c1-31-20(28)6-7-26-19-15-32-14-16(19)21(29)27(22(26)30)13-10-24-8-11-25(12-9-24)18-5-3-2-4-17(18)23/h2-5,14-15H,6-13H2,1H3. The van der Waals surface area contributed by atoms with Gasteiger partial charge in [0.25, 0.3) is 5.56 Å². The first-order chi connectivity index (χ1) is 15.5. The Morgan fingerprint density at radius 3 is 2.50 bits per heavy atom. The monoisotopic (exact) mass is 476 g/mol. The lowest BCUT2D eigenvalue weighted by atomic mass is 10.2. The van der Waals surface area contributed by atoms with Crippen LogP contribution in [-0.2, 0) is 22.6 Å². The number of hydrogen-bond acceptors (Lipinski definition) is 7. The van der Waals surface area contributed by atoms with Gasteiger partial charge in [0.1, 0.15) is 0 Å². The highest BCUT2D eigenvalue weighted by Gasteiger charge is 2.20. The van der Waals surface area contributed by atoms with Gasteiger partial charge in [-0.3, -0.25) is 23.6 Å². The number of rotatable bonds is 7. The smallest absolute Gasteiger partial charge is 0.331 e. The zero-order valence-corrected chi connectivity index (χ0v) is 19.4. The third kappa shape index (κ3) is 4.60. The zero-order chi connectivity index (χ0) is 22.7.